The molecule has 0 fully saturated rings. The van der Waals surface area contributed by atoms with Gasteiger partial charge < -0.3 is 4.74 Å². The van der Waals surface area contributed by atoms with Crippen molar-refractivity contribution in [3.8, 4) is 11.6 Å². The lowest BCUT2D eigenvalue weighted by molar-refractivity contribution is -0.458. The third kappa shape index (κ3) is 4.58. The third-order valence-corrected chi connectivity index (χ3v) is 4.27. The molecule has 0 spiro atoms. The van der Waals surface area contributed by atoms with Gasteiger partial charge in [-0.2, -0.15) is 18.3 Å². The normalized spacial score (nSPS) is 11.4. The molecule has 4 aromatic rings. The number of carbonyl (C=O) groups is 1. The van der Waals surface area contributed by atoms with Crippen LogP contribution in [0.15, 0.2) is 48.9 Å². The fraction of sp³-hybridized carbons (Fsp3) is 0.150. The number of aromatic amines is 1. The van der Waals surface area contributed by atoms with Crippen molar-refractivity contribution in [3.63, 3.8) is 0 Å². The standard InChI is InChI=1S/C20H16F3N7O2/c1-29(2)10-13-8-18(25-11-24-13)32-14-3-4-15-12(7-14)5-6-30(15)19(31)26-17-9-16(27-28-17)20(21,22)23/h3-11H,1-2H3,(H,24,25)/p+1. The summed E-state index contributed by atoms with van der Waals surface area (Å²) in [6, 6.07) is 8.45. The Bertz CT molecular complexity index is 1320. The number of aromatic nitrogens is 5. The first kappa shape index (κ1) is 21.0. The highest BCUT2D eigenvalue weighted by Crippen LogP contribution is 2.29. The van der Waals surface area contributed by atoms with E-state index in [9.17, 15) is 18.0 Å². The van der Waals surface area contributed by atoms with Crippen LogP contribution in [0.2, 0.25) is 0 Å². The van der Waals surface area contributed by atoms with Crippen molar-refractivity contribution < 1.29 is 27.3 Å². The first-order valence-corrected chi connectivity index (χ1v) is 9.25. The molecule has 1 amide bonds. The average molecular weight is 444 g/mol. The van der Waals surface area contributed by atoms with Gasteiger partial charge in [0, 0.05) is 23.7 Å². The highest BCUT2D eigenvalue weighted by atomic mass is 19.4. The lowest BCUT2D eigenvalue weighted by Gasteiger charge is -2.07. The van der Waals surface area contributed by atoms with Gasteiger partial charge in [0.05, 0.1) is 5.52 Å². The summed E-state index contributed by atoms with van der Waals surface area (Å²) in [6.07, 6.45) is 0.119. The van der Waals surface area contributed by atoms with Gasteiger partial charge in [-0.05, 0) is 24.3 Å². The van der Waals surface area contributed by atoms with Gasteiger partial charge >= 0.3 is 12.2 Å². The highest BCUT2D eigenvalue weighted by Gasteiger charge is 2.33. The second-order valence-corrected chi connectivity index (χ2v) is 6.98. The van der Waals surface area contributed by atoms with E-state index in [1.807, 2.05) is 30.0 Å². The lowest BCUT2D eigenvalue weighted by Crippen LogP contribution is -2.18. The van der Waals surface area contributed by atoms with Crippen LogP contribution in [0.4, 0.5) is 23.8 Å². The lowest BCUT2D eigenvalue weighted by atomic mass is 10.2. The van der Waals surface area contributed by atoms with Crippen LogP contribution in [0, 0.1) is 0 Å². The molecule has 0 saturated heterocycles. The molecule has 12 heteroatoms. The third-order valence-electron chi connectivity index (χ3n) is 4.27. The number of halogens is 3. The van der Waals surface area contributed by atoms with E-state index < -0.39 is 17.9 Å². The number of hydrogen-bond donors (Lipinski definition) is 2. The minimum absolute atomic E-state index is 0.238. The first-order valence-electron chi connectivity index (χ1n) is 9.25. The van der Waals surface area contributed by atoms with Gasteiger partial charge in [-0.25, -0.2) is 19.3 Å². The van der Waals surface area contributed by atoms with Crippen LogP contribution in [-0.2, 0) is 6.18 Å². The van der Waals surface area contributed by atoms with Gasteiger partial charge in [0.15, 0.2) is 12.0 Å². The largest absolute Gasteiger partial charge is 0.439 e. The maximum absolute atomic E-state index is 12.7. The SMILES string of the molecule is C[N+](C)=Cc1cc(Oc2ccc3c(ccn3C(=O)Nc3cc(C(F)(F)F)[nH]n3)c2)ncn1. The summed E-state index contributed by atoms with van der Waals surface area (Å²) in [6.45, 7) is 0. The molecule has 0 bridgehead atoms. The van der Waals surface area contributed by atoms with Gasteiger partial charge in [0.25, 0.3) is 0 Å². The van der Waals surface area contributed by atoms with Crippen LogP contribution in [0.5, 0.6) is 11.6 Å². The van der Waals surface area contributed by atoms with Crippen molar-refractivity contribution in [1.82, 2.24) is 24.7 Å². The van der Waals surface area contributed by atoms with E-state index in [0.29, 0.717) is 28.2 Å². The number of fused-ring (bicyclic) bond motifs is 1. The van der Waals surface area contributed by atoms with Crippen LogP contribution < -0.4 is 10.1 Å². The first-order chi connectivity index (χ1) is 15.2. The van der Waals surface area contributed by atoms with Crippen molar-refractivity contribution >= 4 is 29.0 Å². The monoisotopic (exact) mass is 444 g/mol. The smallest absolute Gasteiger partial charge is 0.432 e. The number of nitrogens with one attached hydrogen (secondary N) is 2. The van der Waals surface area contributed by atoms with Crippen LogP contribution in [0.25, 0.3) is 10.9 Å². The Kier molecular flexibility index (Phi) is 5.34. The van der Waals surface area contributed by atoms with Crippen molar-refractivity contribution in [2.24, 2.45) is 0 Å². The average Bonchev–Trinajstić information content (AvgIpc) is 3.34. The number of ether oxygens (including phenoxy) is 1. The Morgan fingerprint density at radius 1 is 1.19 bits per heavy atom. The molecule has 164 valence electrons. The molecule has 4 rings (SSSR count). The molecule has 2 N–H and O–H groups in total. The van der Waals surface area contributed by atoms with Crippen molar-refractivity contribution in [2.45, 2.75) is 6.18 Å². The maximum atomic E-state index is 12.7. The Hall–Kier alpha value is -4.22. The molecule has 0 unspecified atom stereocenters. The molecular weight excluding hydrogens is 427 g/mol. The van der Waals surface area contributed by atoms with Crippen molar-refractivity contribution in [1.29, 1.82) is 0 Å². The number of anilines is 1. The van der Waals surface area contributed by atoms with E-state index in [1.54, 1.807) is 30.3 Å². The highest BCUT2D eigenvalue weighted by molar-refractivity contribution is 5.98. The summed E-state index contributed by atoms with van der Waals surface area (Å²) < 4.78 is 46.9. The van der Waals surface area contributed by atoms with Gasteiger partial charge in [0.2, 0.25) is 5.88 Å². The van der Waals surface area contributed by atoms with Crippen molar-refractivity contribution in [3.05, 3.63) is 60.3 Å². The van der Waals surface area contributed by atoms with Crippen LogP contribution >= 0.6 is 0 Å². The molecule has 0 aliphatic heterocycles. The number of benzene rings is 1. The van der Waals surface area contributed by atoms with Gasteiger partial charge in [0.1, 0.15) is 37.6 Å². The minimum Gasteiger partial charge on any atom is -0.439 e. The Balaban J connectivity index is 1.52. The number of rotatable bonds is 4. The number of hydrogen-bond acceptors (Lipinski definition) is 5. The molecule has 3 aromatic heterocycles. The molecule has 0 aliphatic rings. The molecule has 0 aliphatic carbocycles. The predicted octanol–water partition coefficient (Wildman–Crippen LogP) is 3.74. The van der Waals surface area contributed by atoms with E-state index in [0.717, 1.165) is 6.07 Å². The number of carbonyl (C=O) groups excluding carboxylic acids is 1. The van der Waals surface area contributed by atoms with E-state index in [2.05, 4.69) is 20.4 Å². The molecule has 32 heavy (non-hydrogen) atoms. The van der Waals surface area contributed by atoms with E-state index in [-0.39, 0.29) is 5.82 Å². The summed E-state index contributed by atoms with van der Waals surface area (Å²) in [5.74, 6) is 0.606. The second-order valence-electron chi connectivity index (χ2n) is 6.98. The number of amides is 1. The molecule has 0 saturated carbocycles. The maximum Gasteiger partial charge on any atom is 0.432 e. The van der Waals surface area contributed by atoms with Crippen molar-refractivity contribution in [2.75, 3.05) is 19.4 Å². The summed E-state index contributed by atoms with van der Waals surface area (Å²) >= 11 is 0. The predicted molar refractivity (Wildman–Crippen MR) is 109 cm³/mol. The molecule has 0 radical (unpaired) electrons. The Labute approximate surface area is 179 Å². The zero-order chi connectivity index (χ0) is 22.9. The minimum atomic E-state index is -4.58. The van der Waals surface area contributed by atoms with Crippen LogP contribution in [-0.4, -0.2) is 55.6 Å². The number of alkyl halides is 3. The molecular formula is C20H17F3N7O2+. The fourth-order valence-corrected chi connectivity index (χ4v) is 2.93. The van der Waals surface area contributed by atoms with Gasteiger partial charge in [-0.1, -0.05) is 0 Å². The number of H-pyrrole nitrogens is 1. The number of nitrogens with zero attached hydrogens (tertiary/aromatic N) is 5. The molecule has 3 heterocycles. The van der Waals surface area contributed by atoms with E-state index in [1.165, 1.54) is 17.1 Å². The zero-order valence-electron chi connectivity index (χ0n) is 16.9. The summed E-state index contributed by atoms with van der Waals surface area (Å²) in [4.78, 5) is 20.7. The second kappa shape index (κ2) is 8.13. The quantitative estimate of drug-likeness (QED) is 0.369. The van der Waals surface area contributed by atoms with Crippen LogP contribution in [0.1, 0.15) is 11.4 Å². The fourth-order valence-electron chi connectivity index (χ4n) is 2.93. The zero-order valence-corrected chi connectivity index (χ0v) is 16.9. The summed E-state index contributed by atoms with van der Waals surface area (Å²) in [5, 5.41) is 8.33. The van der Waals surface area contributed by atoms with Gasteiger partial charge in [-0.3, -0.25) is 15.0 Å². The van der Waals surface area contributed by atoms with Gasteiger partial charge in [-0.15, -0.1) is 0 Å². The molecule has 0 atom stereocenters. The van der Waals surface area contributed by atoms with E-state index >= 15 is 0 Å². The van der Waals surface area contributed by atoms with E-state index in [4.69, 9.17) is 4.74 Å². The Morgan fingerprint density at radius 2 is 2.00 bits per heavy atom. The topological polar surface area (TPSA) is 101 Å². The summed E-state index contributed by atoms with van der Waals surface area (Å²) in [7, 11) is 3.75. The molecule has 1 aromatic carbocycles. The Morgan fingerprint density at radius 3 is 2.72 bits per heavy atom. The summed E-state index contributed by atoms with van der Waals surface area (Å²) in [5.41, 5.74) is 0.157. The van der Waals surface area contributed by atoms with Crippen LogP contribution in [0.3, 0.4) is 0 Å². The molecule has 9 nitrogen and oxygen atoms in total.